The second kappa shape index (κ2) is 14.4. The van der Waals surface area contributed by atoms with Gasteiger partial charge in [0, 0.05) is 31.6 Å². The van der Waals surface area contributed by atoms with Crippen LogP contribution in [0.25, 0.3) is 22.3 Å². The number of aliphatic carboxylic acids is 2. The summed E-state index contributed by atoms with van der Waals surface area (Å²) in [5.74, 6) is -0.346. The highest BCUT2D eigenvalue weighted by Crippen LogP contribution is 2.33. The highest BCUT2D eigenvalue weighted by atomic mass is 16.5. The fourth-order valence-corrected chi connectivity index (χ4v) is 4.24. The Morgan fingerprint density at radius 3 is 2.35 bits per heavy atom. The van der Waals surface area contributed by atoms with Crippen LogP contribution in [-0.2, 0) is 16.1 Å². The van der Waals surface area contributed by atoms with Crippen molar-refractivity contribution in [2.24, 2.45) is 0 Å². The van der Waals surface area contributed by atoms with Crippen molar-refractivity contribution < 1.29 is 24.5 Å². The first kappa shape index (κ1) is 29.8. The molecule has 0 aliphatic carbocycles. The van der Waals surface area contributed by atoms with Crippen LogP contribution in [0.1, 0.15) is 38.3 Å². The Bertz CT molecular complexity index is 1400. The lowest BCUT2D eigenvalue weighted by Crippen LogP contribution is -2.30. The maximum absolute atomic E-state index is 9.00. The summed E-state index contributed by atoms with van der Waals surface area (Å²) in [4.78, 5) is 26.7. The van der Waals surface area contributed by atoms with Crippen LogP contribution in [0.2, 0.25) is 0 Å². The molecule has 2 aromatic heterocycles. The van der Waals surface area contributed by atoms with E-state index in [1.165, 1.54) is 6.33 Å². The van der Waals surface area contributed by atoms with Gasteiger partial charge in [0.25, 0.3) is 11.9 Å². The molecule has 4 aromatic rings. The molecule has 12 nitrogen and oxygen atoms in total. The first-order valence-electron chi connectivity index (χ1n) is 12.7. The van der Waals surface area contributed by atoms with Gasteiger partial charge in [-0.3, -0.25) is 9.59 Å². The molecule has 1 saturated heterocycles. The van der Waals surface area contributed by atoms with E-state index < -0.39 is 11.9 Å². The lowest BCUT2D eigenvalue weighted by Gasteiger charge is -2.23. The molecule has 0 spiro atoms. The van der Waals surface area contributed by atoms with Gasteiger partial charge in [0.05, 0.1) is 18.5 Å². The van der Waals surface area contributed by atoms with Crippen molar-refractivity contribution in [3.63, 3.8) is 0 Å². The molecule has 40 heavy (non-hydrogen) atoms. The molecule has 0 radical (unpaired) electrons. The zero-order valence-corrected chi connectivity index (χ0v) is 22.8. The molecule has 12 heteroatoms. The van der Waals surface area contributed by atoms with E-state index in [0.717, 1.165) is 79.1 Å². The monoisotopic (exact) mass is 549 g/mol. The maximum Gasteiger partial charge on any atom is 0.300 e. The van der Waals surface area contributed by atoms with Crippen molar-refractivity contribution in [2.45, 2.75) is 39.3 Å². The number of fused-ring (bicyclic) bond motifs is 1. The van der Waals surface area contributed by atoms with Crippen LogP contribution < -0.4 is 21.1 Å². The SMILES string of the molecule is CC(=O)O.CC(=O)O.COc1cccc(CNc2ccc(-c3nn(C4CCNCC4)c4ncnc(N)c34)cc2)c1. The molecule has 212 valence electrons. The van der Waals surface area contributed by atoms with Gasteiger partial charge in [0.15, 0.2) is 5.65 Å². The number of aromatic nitrogens is 4. The van der Waals surface area contributed by atoms with E-state index in [9.17, 15) is 0 Å². The van der Waals surface area contributed by atoms with E-state index in [4.69, 9.17) is 35.4 Å². The molecule has 5 rings (SSSR count). The molecule has 1 aliphatic heterocycles. The Morgan fingerprint density at radius 2 is 1.73 bits per heavy atom. The average Bonchev–Trinajstić information content (AvgIpc) is 3.33. The largest absolute Gasteiger partial charge is 0.497 e. The number of ether oxygens (including phenoxy) is 1. The number of carboxylic acids is 2. The highest BCUT2D eigenvalue weighted by Gasteiger charge is 2.23. The van der Waals surface area contributed by atoms with Gasteiger partial charge in [-0.15, -0.1) is 0 Å². The van der Waals surface area contributed by atoms with Gasteiger partial charge in [-0.25, -0.2) is 14.6 Å². The Labute approximate surface area is 232 Å². The van der Waals surface area contributed by atoms with Gasteiger partial charge < -0.3 is 31.3 Å². The number of nitrogens with two attached hydrogens (primary N) is 1. The number of methoxy groups -OCH3 is 1. The van der Waals surface area contributed by atoms with Crippen LogP contribution in [-0.4, -0.2) is 62.1 Å². The van der Waals surface area contributed by atoms with Crippen LogP contribution in [0.5, 0.6) is 5.75 Å². The Kier molecular flexibility index (Phi) is 10.8. The van der Waals surface area contributed by atoms with Crippen LogP contribution >= 0.6 is 0 Å². The van der Waals surface area contributed by atoms with E-state index in [2.05, 4.69) is 50.9 Å². The number of nitrogen functional groups attached to an aromatic ring is 1. The fourth-order valence-electron chi connectivity index (χ4n) is 4.24. The number of piperidine rings is 1. The molecular formula is C28H35N7O5. The summed E-state index contributed by atoms with van der Waals surface area (Å²) in [5.41, 5.74) is 11.1. The Hall–Kier alpha value is -4.71. The summed E-state index contributed by atoms with van der Waals surface area (Å²) in [7, 11) is 1.68. The van der Waals surface area contributed by atoms with Crippen LogP contribution in [0.15, 0.2) is 54.9 Å². The quantitative estimate of drug-likeness (QED) is 0.236. The minimum atomic E-state index is -0.833. The first-order valence-corrected chi connectivity index (χ1v) is 12.7. The van der Waals surface area contributed by atoms with Crippen molar-refractivity contribution in [1.82, 2.24) is 25.1 Å². The topological polar surface area (TPSA) is 178 Å². The third-order valence-corrected chi connectivity index (χ3v) is 5.96. The van der Waals surface area contributed by atoms with Crippen LogP contribution in [0, 0.1) is 0 Å². The lowest BCUT2D eigenvalue weighted by atomic mass is 10.1. The number of nitrogens with one attached hydrogen (secondary N) is 2. The summed E-state index contributed by atoms with van der Waals surface area (Å²) < 4.78 is 7.34. The normalized spacial score (nSPS) is 12.9. The number of benzene rings is 2. The first-order chi connectivity index (χ1) is 19.2. The second-order valence-electron chi connectivity index (χ2n) is 9.05. The predicted molar refractivity (Wildman–Crippen MR) is 153 cm³/mol. The summed E-state index contributed by atoms with van der Waals surface area (Å²) in [5, 5.41) is 27.5. The molecule has 0 amide bonds. The van der Waals surface area contributed by atoms with Gasteiger partial charge >= 0.3 is 0 Å². The fraction of sp³-hybridized carbons (Fsp3) is 0.321. The molecule has 3 heterocycles. The molecule has 6 N–H and O–H groups in total. The van der Waals surface area contributed by atoms with E-state index in [0.29, 0.717) is 18.4 Å². The van der Waals surface area contributed by atoms with Crippen molar-refractivity contribution in [3.05, 3.63) is 60.4 Å². The number of carboxylic acid groups (broad SMARTS) is 2. The van der Waals surface area contributed by atoms with Crippen molar-refractivity contribution >= 4 is 34.5 Å². The molecule has 0 saturated carbocycles. The van der Waals surface area contributed by atoms with Gasteiger partial charge in [-0.05, 0) is 55.8 Å². The Morgan fingerprint density at radius 1 is 1.07 bits per heavy atom. The Balaban J connectivity index is 0.000000490. The number of hydrogen-bond donors (Lipinski definition) is 5. The summed E-state index contributed by atoms with van der Waals surface area (Å²) in [6.45, 7) is 4.84. The van der Waals surface area contributed by atoms with Crippen molar-refractivity contribution in [2.75, 3.05) is 31.2 Å². The molecule has 0 unspecified atom stereocenters. The van der Waals surface area contributed by atoms with Crippen LogP contribution in [0.4, 0.5) is 11.5 Å². The zero-order chi connectivity index (χ0) is 29.1. The number of anilines is 2. The molecule has 1 fully saturated rings. The van der Waals surface area contributed by atoms with Gasteiger partial charge in [-0.2, -0.15) is 5.10 Å². The number of carbonyl (C=O) groups is 2. The van der Waals surface area contributed by atoms with Crippen molar-refractivity contribution in [3.8, 4) is 17.0 Å². The minimum Gasteiger partial charge on any atom is -0.497 e. The zero-order valence-electron chi connectivity index (χ0n) is 22.8. The van der Waals surface area contributed by atoms with E-state index >= 15 is 0 Å². The highest BCUT2D eigenvalue weighted by molar-refractivity contribution is 5.98. The van der Waals surface area contributed by atoms with E-state index in [1.54, 1.807) is 7.11 Å². The summed E-state index contributed by atoms with van der Waals surface area (Å²) in [6.07, 6.45) is 3.56. The van der Waals surface area contributed by atoms with Crippen LogP contribution in [0.3, 0.4) is 0 Å². The number of nitrogens with zero attached hydrogens (tertiary/aromatic N) is 4. The number of hydrogen-bond acceptors (Lipinski definition) is 9. The predicted octanol–water partition coefficient (Wildman–Crippen LogP) is 3.80. The second-order valence-corrected chi connectivity index (χ2v) is 9.05. The lowest BCUT2D eigenvalue weighted by molar-refractivity contribution is -0.135. The number of rotatable bonds is 6. The molecule has 0 atom stereocenters. The van der Waals surface area contributed by atoms with Gasteiger partial charge in [-0.1, -0.05) is 24.3 Å². The van der Waals surface area contributed by atoms with E-state index in [1.807, 2.05) is 22.9 Å². The summed E-state index contributed by atoms with van der Waals surface area (Å²) >= 11 is 0. The standard InChI is InChI=1S/C24H27N7O.2C2H4O2/c1-32-20-4-2-3-16(13-20)14-27-18-7-5-17(6-8-18)22-21-23(25)28-15-29-24(21)31(30-22)19-9-11-26-12-10-19;2*1-2(3)4/h2-8,13,15,19,26-27H,9-12,14H2,1H3,(H2,25,28,29);2*1H3,(H,3,4). The summed E-state index contributed by atoms with van der Waals surface area (Å²) in [6, 6.07) is 16.6. The van der Waals surface area contributed by atoms with Gasteiger partial charge in [0.2, 0.25) is 0 Å². The van der Waals surface area contributed by atoms with Crippen molar-refractivity contribution in [1.29, 1.82) is 0 Å². The minimum absolute atomic E-state index is 0.311. The molecular weight excluding hydrogens is 514 g/mol. The average molecular weight is 550 g/mol. The maximum atomic E-state index is 9.00. The third-order valence-electron chi connectivity index (χ3n) is 5.96. The van der Waals surface area contributed by atoms with Gasteiger partial charge in [0.1, 0.15) is 23.6 Å². The molecule has 1 aliphatic rings. The smallest absolute Gasteiger partial charge is 0.300 e. The third kappa shape index (κ3) is 8.40. The molecule has 0 bridgehead atoms. The molecule has 2 aromatic carbocycles. The van der Waals surface area contributed by atoms with E-state index in [-0.39, 0.29) is 0 Å².